The molecule has 0 unspecified atom stereocenters. The van der Waals surface area contributed by atoms with E-state index in [4.69, 9.17) is 15.3 Å². The molecule has 0 bridgehead atoms. The average Bonchev–Trinajstić information content (AvgIpc) is 2.76. The normalized spacial score (nSPS) is 12.3. The van der Waals surface area contributed by atoms with Crippen LogP contribution in [0.25, 0.3) is 0 Å². The topological polar surface area (TPSA) is 85.6 Å². The second-order valence-corrected chi connectivity index (χ2v) is 3.34. The summed E-state index contributed by atoms with van der Waals surface area (Å²) < 4.78 is 10.4. The number of hydrazine groups is 1. The molecule has 6 heteroatoms. The van der Waals surface area contributed by atoms with Gasteiger partial charge in [-0.2, -0.15) is 0 Å². The molecule has 1 aromatic carbocycles. The van der Waals surface area contributed by atoms with E-state index in [-0.39, 0.29) is 12.8 Å². The summed E-state index contributed by atoms with van der Waals surface area (Å²) in [7, 11) is 0. The second kappa shape index (κ2) is 4.71. The fourth-order valence-corrected chi connectivity index (χ4v) is 1.47. The van der Waals surface area contributed by atoms with Gasteiger partial charge in [0.05, 0.1) is 0 Å². The van der Waals surface area contributed by atoms with E-state index in [2.05, 4.69) is 5.32 Å². The fourth-order valence-electron chi connectivity index (χ4n) is 1.47. The molecule has 86 valence electrons. The van der Waals surface area contributed by atoms with Crippen LogP contribution < -0.4 is 26.1 Å². The maximum Gasteiger partial charge on any atom is 0.328 e. The predicted molar refractivity (Wildman–Crippen MR) is 57.0 cm³/mol. The number of carbonyl (C=O) groups excluding carboxylic acids is 1. The maximum absolute atomic E-state index is 10.8. The van der Waals surface area contributed by atoms with Gasteiger partial charge >= 0.3 is 6.03 Å². The second-order valence-electron chi connectivity index (χ2n) is 3.34. The van der Waals surface area contributed by atoms with E-state index in [0.717, 1.165) is 17.1 Å². The van der Waals surface area contributed by atoms with Gasteiger partial charge in [-0.3, -0.25) is 5.43 Å². The highest BCUT2D eigenvalue weighted by Gasteiger charge is 2.12. The molecular formula is C10H13N3O3. The van der Waals surface area contributed by atoms with Crippen LogP contribution in [-0.4, -0.2) is 19.4 Å². The maximum atomic E-state index is 10.8. The van der Waals surface area contributed by atoms with Crippen molar-refractivity contribution in [1.29, 1.82) is 0 Å². The molecule has 0 radical (unpaired) electrons. The van der Waals surface area contributed by atoms with Crippen molar-refractivity contribution < 1.29 is 14.3 Å². The molecule has 0 saturated heterocycles. The van der Waals surface area contributed by atoms with Crippen molar-refractivity contribution in [2.45, 2.75) is 6.42 Å². The summed E-state index contributed by atoms with van der Waals surface area (Å²) in [5.41, 5.74) is 3.07. The molecule has 4 N–H and O–H groups in total. The third kappa shape index (κ3) is 2.34. The molecule has 0 saturated carbocycles. The molecule has 1 heterocycles. The lowest BCUT2D eigenvalue weighted by Crippen LogP contribution is -2.40. The molecule has 0 spiro atoms. The number of amides is 2. The Morgan fingerprint density at radius 2 is 2.19 bits per heavy atom. The van der Waals surface area contributed by atoms with Crippen molar-refractivity contribution in [3.63, 3.8) is 0 Å². The smallest absolute Gasteiger partial charge is 0.328 e. The van der Waals surface area contributed by atoms with Crippen molar-refractivity contribution in [2.75, 3.05) is 13.3 Å². The summed E-state index contributed by atoms with van der Waals surface area (Å²) in [5, 5.41) is 2.60. The first-order valence-electron chi connectivity index (χ1n) is 4.92. The number of nitrogens with one attached hydrogen (secondary N) is 2. The van der Waals surface area contributed by atoms with E-state index < -0.39 is 0 Å². The van der Waals surface area contributed by atoms with Crippen LogP contribution in [0.1, 0.15) is 5.56 Å². The minimum atomic E-state index is -0.388. The SMILES string of the molecule is NNC(=O)NCCc1ccc2c(c1)OCO2. The lowest BCUT2D eigenvalue weighted by molar-refractivity contribution is 0.174. The van der Waals surface area contributed by atoms with Crippen molar-refractivity contribution in [3.05, 3.63) is 23.8 Å². The molecule has 1 aliphatic rings. The number of urea groups is 1. The first-order valence-corrected chi connectivity index (χ1v) is 4.92. The Morgan fingerprint density at radius 1 is 1.38 bits per heavy atom. The quantitative estimate of drug-likeness (QED) is 0.386. The Kier molecular flexibility index (Phi) is 3.11. The van der Waals surface area contributed by atoms with Gasteiger partial charge in [-0.1, -0.05) is 6.07 Å². The molecule has 2 amide bonds. The van der Waals surface area contributed by atoms with Crippen molar-refractivity contribution >= 4 is 6.03 Å². The van der Waals surface area contributed by atoms with E-state index in [0.29, 0.717) is 13.0 Å². The third-order valence-corrected chi connectivity index (χ3v) is 2.27. The molecule has 2 rings (SSSR count). The van der Waals surface area contributed by atoms with E-state index in [9.17, 15) is 4.79 Å². The molecular weight excluding hydrogens is 210 g/mol. The zero-order chi connectivity index (χ0) is 11.4. The van der Waals surface area contributed by atoms with Crippen molar-refractivity contribution in [2.24, 2.45) is 5.84 Å². The van der Waals surface area contributed by atoms with Crippen LogP contribution >= 0.6 is 0 Å². The lowest BCUT2D eigenvalue weighted by atomic mass is 10.1. The van der Waals surface area contributed by atoms with E-state index in [1.165, 1.54) is 0 Å². The monoisotopic (exact) mass is 223 g/mol. The number of benzene rings is 1. The highest BCUT2D eigenvalue weighted by Crippen LogP contribution is 2.32. The van der Waals surface area contributed by atoms with Gasteiger partial charge in [-0.05, 0) is 24.1 Å². The number of rotatable bonds is 3. The van der Waals surface area contributed by atoms with Crippen molar-refractivity contribution in [1.82, 2.24) is 10.7 Å². The number of nitrogens with two attached hydrogens (primary N) is 1. The fraction of sp³-hybridized carbons (Fsp3) is 0.300. The molecule has 1 aromatic rings. The van der Waals surface area contributed by atoms with Crippen LogP contribution in [0, 0.1) is 0 Å². The van der Waals surface area contributed by atoms with Crippen LogP contribution in [0.2, 0.25) is 0 Å². The molecule has 0 aromatic heterocycles. The molecule has 0 aliphatic carbocycles. The Balaban J connectivity index is 1.88. The number of carbonyl (C=O) groups is 1. The minimum Gasteiger partial charge on any atom is -0.454 e. The number of fused-ring (bicyclic) bond motifs is 1. The largest absolute Gasteiger partial charge is 0.454 e. The van der Waals surface area contributed by atoms with Gasteiger partial charge in [0.1, 0.15) is 0 Å². The van der Waals surface area contributed by atoms with Gasteiger partial charge in [-0.25, -0.2) is 10.6 Å². The summed E-state index contributed by atoms with van der Waals surface area (Å²) in [6.07, 6.45) is 0.712. The number of hydrogen-bond donors (Lipinski definition) is 3. The molecule has 0 atom stereocenters. The summed E-state index contributed by atoms with van der Waals surface area (Å²) >= 11 is 0. The van der Waals surface area contributed by atoms with Gasteiger partial charge < -0.3 is 14.8 Å². The average molecular weight is 223 g/mol. The van der Waals surface area contributed by atoms with Crippen LogP contribution in [-0.2, 0) is 6.42 Å². The standard InChI is InChI=1S/C10H13N3O3/c11-13-10(14)12-4-3-7-1-2-8-9(5-7)16-6-15-8/h1-2,5H,3-4,6,11H2,(H2,12,13,14). The van der Waals surface area contributed by atoms with Crippen LogP contribution in [0.4, 0.5) is 4.79 Å². The van der Waals surface area contributed by atoms with Gasteiger partial charge in [0.2, 0.25) is 6.79 Å². The van der Waals surface area contributed by atoms with E-state index in [1.54, 1.807) is 0 Å². The van der Waals surface area contributed by atoms with Crippen molar-refractivity contribution in [3.8, 4) is 11.5 Å². The summed E-state index contributed by atoms with van der Waals surface area (Å²) in [6, 6.07) is 5.32. The summed E-state index contributed by atoms with van der Waals surface area (Å²) in [6.45, 7) is 0.787. The highest BCUT2D eigenvalue weighted by molar-refractivity contribution is 5.72. The molecule has 16 heavy (non-hydrogen) atoms. The van der Waals surface area contributed by atoms with Crippen LogP contribution in [0.3, 0.4) is 0 Å². The van der Waals surface area contributed by atoms with E-state index >= 15 is 0 Å². The Labute approximate surface area is 92.7 Å². The van der Waals surface area contributed by atoms with E-state index in [1.807, 2.05) is 23.6 Å². The molecule has 6 nitrogen and oxygen atoms in total. The molecule has 1 aliphatic heterocycles. The van der Waals surface area contributed by atoms with Gasteiger partial charge in [0.15, 0.2) is 11.5 Å². The summed E-state index contributed by atoms with van der Waals surface area (Å²) in [5.74, 6) is 6.44. The Hall–Kier alpha value is -1.95. The first kappa shape index (κ1) is 10.6. The van der Waals surface area contributed by atoms with Crippen LogP contribution in [0.5, 0.6) is 11.5 Å². The summed E-state index contributed by atoms with van der Waals surface area (Å²) in [4.78, 5) is 10.8. The highest BCUT2D eigenvalue weighted by atomic mass is 16.7. The van der Waals surface area contributed by atoms with Gasteiger partial charge in [0, 0.05) is 6.54 Å². The number of ether oxygens (including phenoxy) is 2. The number of hydrogen-bond acceptors (Lipinski definition) is 4. The molecule has 0 fully saturated rings. The third-order valence-electron chi connectivity index (χ3n) is 2.27. The zero-order valence-electron chi connectivity index (χ0n) is 8.66. The Bertz CT molecular complexity index is 395. The lowest BCUT2D eigenvalue weighted by Gasteiger charge is -2.05. The minimum absolute atomic E-state index is 0.270. The van der Waals surface area contributed by atoms with Crippen LogP contribution in [0.15, 0.2) is 18.2 Å². The zero-order valence-corrected chi connectivity index (χ0v) is 8.66. The predicted octanol–water partition coefficient (Wildman–Crippen LogP) is 0.131. The van der Waals surface area contributed by atoms with Gasteiger partial charge in [0.25, 0.3) is 0 Å². The van der Waals surface area contributed by atoms with Gasteiger partial charge in [-0.15, -0.1) is 0 Å². The Morgan fingerprint density at radius 3 is 3.00 bits per heavy atom. The first-order chi connectivity index (χ1) is 7.79.